The van der Waals surface area contributed by atoms with Crippen LogP contribution in [0.15, 0.2) is 36.0 Å². The number of nitrogens with one attached hydrogen (secondary N) is 1. The van der Waals surface area contributed by atoms with Crippen molar-refractivity contribution < 1.29 is 29.4 Å². The standard InChI is InChI=1S/C26H39NO6/c1-18(11-8-6-4-5-7-9-14-25(31)32)15-19(2)26(33)20(3)22(28)13-10-12-21-16-23(29)27-24(30)17-21/h4,6,9,14-15,18,20-21,26,33H,5,7-8,10-13,16-17H2,1-3H3,(H,31,32)(H,27,29,30)/b6-4+,14-9+,19-15+/t18-,20+,26-/m0/s1. The molecule has 0 radical (unpaired) electrons. The van der Waals surface area contributed by atoms with E-state index in [1.807, 2.05) is 19.1 Å². The Kier molecular flexibility index (Phi) is 13.2. The van der Waals surface area contributed by atoms with Gasteiger partial charge in [-0.3, -0.25) is 19.7 Å². The van der Waals surface area contributed by atoms with E-state index in [0.717, 1.165) is 30.9 Å². The highest BCUT2D eigenvalue weighted by Crippen LogP contribution is 2.23. The zero-order chi connectivity index (χ0) is 24.8. The monoisotopic (exact) mass is 461 g/mol. The fourth-order valence-corrected chi connectivity index (χ4v) is 4.02. The van der Waals surface area contributed by atoms with E-state index in [-0.39, 0.29) is 29.4 Å². The van der Waals surface area contributed by atoms with Crippen molar-refractivity contribution >= 4 is 23.6 Å². The molecule has 1 rings (SSSR count). The first-order valence-electron chi connectivity index (χ1n) is 11.9. The number of hydrogen-bond acceptors (Lipinski definition) is 5. The second kappa shape index (κ2) is 15.3. The zero-order valence-corrected chi connectivity index (χ0v) is 20.1. The number of aliphatic carboxylic acids is 1. The number of amides is 2. The van der Waals surface area contributed by atoms with Gasteiger partial charge in [0.05, 0.1) is 6.10 Å². The van der Waals surface area contributed by atoms with Gasteiger partial charge in [-0.2, -0.15) is 0 Å². The van der Waals surface area contributed by atoms with Crippen molar-refractivity contribution in [1.29, 1.82) is 0 Å². The molecule has 0 saturated carbocycles. The van der Waals surface area contributed by atoms with Crippen LogP contribution in [0.1, 0.15) is 78.6 Å². The van der Waals surface area contributed by atoms with E-state index in [1.54, 1.807) is 13.0 Å². The number of piperidine rings is 1. The molecule has 7 heteroatoms. The van der Waals surface area contributed by atoms with Crippen LogP contribution in [0.25, 0.3) is 0 Å². The number of hydrogen-bond donors (Lipinski definition) is 3. The number of allylic oxidation sites excluding steroid dienone is 4. The Morgan fingerprint density at radius 1 is 1.06 bits per heavy atom. The van der Waals surface area contributed by atoms with E-state index in [9.17, 15) is 24.3 Å². The SMILES string of the molecule is C/C(=C\[C@@H](C)CC/C=C/CC/C=C/C(=O)O)[C@H](O)[C@H](C)C(=O)CCCC1CC(=O)NC(=O)C1. The molecule has 0 aromatic heterocycles. The van der Waals surface area contributed by atoms with Crippen molar-refractivity contribution in [3.63, 3.8) is 0 Å². The Morgan fingerprint density at radius 2 is 1.67 bits per heavy atom. The molecule has 0 aliphatic carbocycles. The molecule has 3 atom stereocenters. The Bertz CT molecular complexity index is 751. The van der Waals surface area contributed by atoms with Crippen molar-refractivity contribution in [3.8, 4) is 0 Å². The van der Waals surface area contributed by atoms with E-state index in [1.165, 1.54) is 0 Å². The first-order valence-corrected chi connectivity index (χ1v) is 11.9. The summed E-state index contributed by atoms with van der Waals surface area (Å²) in [5, 5.41) is 21.4. The lowest BCUT2D eigenvalue weighted by molar-refractivity contribution is -0.135. The second-order valence-electron chi connectivity index (χ2n) is 9.09. The third kappa shape index (κ3) is 12.3. The van der Waals surface area contributed by atoms with E-state index in [2.05, 4.69) is 18.3 Å². The fourth-order valence-electron chi connectivity index (χ4n) is 4.02. The Balaban J connectivity index is 2.34. The maximum absolute atomic E-state index is 12.5. The number of unbranched alkanes of at least 4 members (excludes halogenated alkanes) is 1. The summed E-state index contributed by atoms with van der Waals surface area (Å²) in [5.41, 5.74) is 0.792. The van der Waals surface area contributed by atoms with Crippen LogP contribution in [0.4, 0.5) is 0 Å². The van der Waals surface area contributed by atoms with Gasteiger partial charge in [-0.25, -0.2) is 4.79 Å². The number of carboxylic acid groups (broad SMARTS) is 1. The quantitative estimate of drug-likeness (QED) is 0.146. The van der Waals surface area contributed by atoms with E-state index in [0.29, 0.717) is 38.5 Å². The van der Waals surface area contributed by atoms with E-state index in [4.69, 9.17) is 5.11 Å². The van der Waals surface area contributed by atoms with Crippen LogP contribution in [-0.4, -0.2) is 39.9 Å². The van der Waals surface area contributed by atoms with Gasteiger partial charge in [-0.1, -0.05) is 38.2 Å². The minimum atomic E-state index is -0.930. The van der Waals surface area contributed by atoms with Crippen molar-refractivity contribution in [2.24, 2.45) is 17.8 Å². The number of rotatable bonds is 15. The molecule has 1 fully saturated rings. The highest BCUT2D eigenvalue weighted by molar-refractivity contribution is 5.97. The van der Waals surface area contributed by atoms with Crippen molar-refractivity contribution in [2.45, 2.75) is 84.7 Å². The molecule has 1 aliphatic heterocycles. The number of carbonyl (C=O) groups is 4. The van der Waals surface area contributed by atoms with Crippen LogP contribution in [0.3, 0.4) is 0 Å². The minimum absolute atomic E-state index is 0.00276. The number of carbonyl (C=O) groups excluding carboxylic acids is 3. The van der Waals surface area contributed by atoms with E-state index < -0.39 is 18.0 Å². The van der Waals surface area contributed by atoms with Crippen LogP contribution in [0.2, 0.25) is 0 Å². The summed E-state index contributed by atoms with van der Waals surface area (Å²) in [6.45, 7) is 5.67. The summed E-state index contributed by atoms with van der Waals surface area (Å²) in [5.74, 6) is -1.67. The summed E-state index contributed by atoms with van der Waals surface area (Å²) in [7, 11) is 0. The molecule has 0 aromatic carbocycles. The highest BCUT2D eigenvalue weighted by Gasteiger charge is 2.26. The maximum atomic E-state index is 12.5. The number of aliphatic hydroxyl groups excluding tert-OH is 1. The van der Waals surface area contributed by atoms with Crippen LogP contribution in [-0.2, 0) is 19.2 Å². The molecule has 2 amide bonds. The van der Waals surface area contributed by atoms with Gasteiger partial charge >= 0.3 is 5.97 Å². The van der Waals surface area contributed by atoms with Crippen LogP contribution in [0, 0.1) is 17.8 Å². The maximum Gasteiger partial charge on any atom is 0.327 e. The molecule has 0 spiro atoms. The lowest BCUT2D eigenvalue weighted by Gasteiger charge is -2.22. The van der Waals surface area contributed by atoms with Gasteiger partial charge in [0.2, 0.25) is 11.8 Å². The Hall–Kier alpha value is -2.54. The molecular weight excluding hydrogens is 422 g/mol. The number of imide groups is 1. The molecule has 1 heterocycles. The minimum Gasteiger partial charge on any atom is -0.478 e. The third-order valence-corrected chi connectivity index (χ3v) is 5.97. The summed E-state index contributed by atoms with van der Waals surface area (Å²) >= 11 is 0. The first kappa shape index (κ1) is 28.5. The van der Waals surface area contributed by atoms with E-state index >= 15 is 0 Å². The lowest BCUT2D eigenvalue weighted by atomic mass is 9.87. The molecule has 1 saturated heterocycles. The molecular formula is C26H39NO6. The average molecular weight is 462 g/mol. The third-order valence-electron chi connectivity index (χ3n) is 5.97. The Labute approximate surface area is 197 Å². The van der Waals surface area contributed by atoms with Gasteiger partial charge in [-0.15, -0.1) is 0 Å². The van der Waals surface area contributed by atoms with Gasteiger partial charge in [0.1, 0.15) is 5.78 Å². The summed E-state index contributed by atoms with van der Waals surface area (Å²) in [6.07, 6.45) is 13.7. The predicted octanol–water partition coefficient (Wildman–Crippen LogP) is 4.12. The fraction of sp³-hybridized carbons (Fsp3) is 0.615. The number of ketones is 1. The van der Waals surface area contributed by atoms with Crippen molar-refractivity contribution in [1.82, 2.24) is 5.32 Å². The zero-order valence-electron chi connectivity index (χ0n) is 20.1. The van der Waals surface area contributed by atoms with Crippen LogP contribution < -0.4 is 5.32 Å². The number of carboxylic acids is 1. The van der Waals surface area contributed by atoms with Gasteiger partial charge in [0, 0.05) is 31.3 Å². The van der Waals surface area contributed by atoms with Crippen molar-refractivity contribution in [3.05, 3.63) is 36.0 Å². The molecule has 33 heavy (non-hydrogen) atoms. The molecule has 3 N–H and O–H groups in total. The molecule has 0 bridgehead atoms. The van der Waals surface area contributed by atoms with Gasteiger partial charge < -0.3 is 10.2 Å². The molecule has 1 aliphatic rings. The number of aliphatic hydroxyl groups is 1. The second-order valence-corrected chi connectivity index (χ2v) is 9.09. The van der Waals surface area contributed by atoms with Crippen LogP contribution >= 0.6 is 0 Å². The first-order chi connectivity index (χ1) is 15.6. The molecule has 0 aromatic rings. The van der Waals surface area contributed by atoms with Gasteiger partial charge in [0.25, 0.3) is 0 Å². The molecule has 184 valence electrons. The summed E-state index contributed by atoms with van der Waals surface area (Å²) < 4.78 is 0. The normalized spacial score (nSPS) is 18.5. The van der Waals surface area contributed by atoms with Crippen LogP contribution in [0.5, 0.6) is 0 Å². The summed E-state index contributed by atoms with van der Waals surface area (Å²) in [6, 6.07) is 0. The topological polar surface area (TPSA) is 121 Å². The average Bonchev–Trinajstić information content (AvgIpc) is 2.73. The summed E-state index contributed by atoms with van der Waals surface area (Å²) in [4.78, 5) is 45.8. The van der Waals surface area contributed by atoms with Crippen molar-refractivity contribution in [2.75, 3.05) is 0 Å². The molecule has 0 unspecified atom stereocenters. The molecule has 7 nitrogen and oxygen atoms in total. The number of Topliss-reactive ketones (excluding diaryl/α,β-unsaturated/α-hetero) is 1. The largest absolute Gasteiger partial charge is 0.478 e. The Morgan fingerprint density at radius 3 is 2.30 bits per heavy atom. The van der Waals surface area contributed by atoms with Gasteiger partial charge in [0.15, 0.2) is 0 Å². The predicted molar refractivity (Wildman–Crippen MR) is 127 cm³/mol. The lowest BCUT2D eigenvalue weighted by Crippen LogP contribution is -2.38. The highest BCUT2D eigenvalue weighted by atomic mass is 16.4. The smallest absolute Gasteiger partial charge is 0.327 e. The van der Waals surface area contributed by atoms with Gasteiger partial charge in [-0.05, 0) is 62.9 Å².